The van der Waals surface area contributed by atoms with E-state index in [0.717, 1.165) is 36.8 Å². The molecule has 0 bridgehead atoms. The van der Waals surface area contributed by atoms with Crippen molar-refractivity contribution in [3.05, 3.63) is 48.0 Å². The van der Waals surface area contributed by atoms with Gasteiger partial charge in [0.15, 0.2) is 0 Å². The van der Waals surface area contributed by atoms with E-state index in [2.05, 4.69) is 25.2 Å². The number of fused-ring (bicyclic) bond motifs is 3. The van der Waals surface area contributed by atoms with Gasteiger partial charge in [-0.15, -0.1) is 0 Å². The number of hydrogen-bond acceptors (Lipinski definition) is 3. The van der Waals surface area contributed by atoms with Crippen LogP contribution in [0.5, 0.6) is 0 Å². The lowest BCUT2D eigenvalue weighted by Crippen LogP contribution is -2.45. The third kappa shape index (κ3) is 3.97. The van der Waals surface area contributed by atoms with Crippen LogP contribution in [-0.4, -0.2) is 26.9 Å². The maximum absolute atomic E-state index is 13.4. The Labute approximate surface area is 179 Å². The van der Waals surface area contributed by atoms with Crippen molar-refractivity contribution in [3.8, 4) is 11.1 Å². The van der Waals surface area contributed by atoms with Gasteiger partial charge in [0.2, 0.25) is 5.91 Å². The fourth-order valence-corrected chi connectivity index (χ4v) is 6.16. The highest BCUT2D eigenvalue weighted by Gasteiger charge is 2.36. The first kappa shape index (κ1) is 20.9. The maximum atomic E-state index is 13.4. The summed E-state index contributed by atoms with van der Waals surface area (Å²) < 4.78 is 28.1. The van der Waals surface area contributed by atoms with E-state index in [-0.39, 0.29) is 23.4 Å². The van der Waals surface area contributed by atoms with Crippen LogP contribution in [0.15, 0.2) is 47.4 Å². The molecule has 0 unspecified atom stereocenters. The first-order valence-electron chi connectivity index (χ1n) is 10.9. The summed E-state index contributed by atoms with van der Waals surface area (Å²) in [6.07, 6.45) is 6.57. The van der Waals surface area contributed by atoms with E-state index in [1.807, 2.05) is 24.3 Å². The molecule has 0 spiro atoms. The third-order valence-corrected chi connectivity index (χ3v) is 8.03. The summed E-state index contributed by atoms with van der Waals surface area (Å²) in [6.45, 7) is 4.04. The Kier molecular flexibility index (Phi) is 5.87. The highest BCUT2D eigenvalue weighted by atomic mass is 32.2. The van der Waals surface area contributed by atoms with Crippen molar-refractivity contribution in [2.24, 2.45) is 0 Å². The highest BCUT2D eigenvalue weighted by Crippen LogP contribution is 2.43. The number of carbonyl (C=O) groups excluding carboxylic acids is 1. The molecule has 1 heterocycles. The van der Waals surface area contributed by atoms with E-state index in [9.17, 15) is 13.2 Å². The van der Waals surface area contributed by atoms with Gasteiger partial charge in [0.25, 0.3) is 10.0 Å². The number of amides is 1. The summed E-state index contributed by atoms with van der Waals surface area (Å²) in [7, 11) is -3.80. The molecule has 2 aromatic rings. The SMILES string of the molecule is CC(C)c1ccc2c(c1)-c1ccccc1S(=O)(=O)N2CC(=O)NC1CCCCCC1. The number of rotatable bonds is 4. The van der Waals surface area contributed by atoms with Gasteiger partial charge >= 0.3 is 0 Å². The Morgan fingerprint density at radius 1 is 1.03 bits per heavy atom. The monoisotopic (exact) mass is 426 g/mol. The smallest absolute Gasteiger partial charge is 0.265 e. The summed E-state index contributed by atoms with van der Waals surface area (Å²) >= 11 is 0. The van der Waals surface area contributed by atoms with E-state index in [1.165, 1.54) is 17.1 Å². The largest absolute Gasteiger partial charge is 0.352 e. The minimum absolute atomic E-state index is 0.141. The van der Waals surface area contributed by atoms with Crippen LogP contribution in [0.2, 0.25) is 0 Å². The van der Waals surface area contributed by atoms with E-state index < -0.39 is 10.0 Å². The Morgan fingerprint density at radius 3 is 2.43 bits per heavy atom. The summed E-state index contributed by atoms with van der Waals surface area (Å²) in [6, 6.07) is 13.1. The minimum atomic E-state index is -3.80. The lowest BCUT2D eigenvalue weighted by atomic mass is 9.95. The molecule has 30 heavy (non-hydrogen) atoms. The molecule has 1 fully saturated rings. The molecule has 1 aliphatic carbocycles. The zero-order chi connectivity index (χ0) is 21.3. The molecule has 1 aliphatic heterocycles. The average Bonchev–Trinajstić information content (AvgIpc) is 2.99. The topological polar surface area (TPSA) is 66.5 Å². The Bertz CT molecular complexity index is 1040. The third-order valence-electron chi connectivity index (χ3n) is 6.21. The molecular weight excluding hydrogens is 396 g/mol. The molecule has 2 aliphatic rings. The van der Waals surface area contributed by atoms with Crippen molar-refractivity contribution in [2.75, 3.05) is 10.8 Å². The van der Waals surface area contributed by atoms with Crippen molar-refractivity contribution in [2.45, 2.75) is 69.2 Å². The lowest BCUT2D eigenvalue weighted by molar-refractivity contribution is -0.120. The highest BCUT2D eigenvalue weighted by molar-refractivity contribution is 7.93. The van der Waals surface area contributed by atoms with Crippen LogP contribution in [0.1, 0.15) is 63.9 Å². The van der Waals surface area contributed by atoms with E-state index >= 15 is 0 Å². The normalized spacial score (nSPS) is 18.4. The number of carbonyl (C=O) groups is 1. The van der Waals surface area contributed by atoms with Crippen LogP contribution in [0, 0.1) is 0 Å². The van der Waals surface area contributed by atoms with Gasteiger partial charge in [-0.05, 0) is 42.5 Å². The summed E-state index contributed by atoms with van der Waals surface area (Å²) in [5.74, 6) is 0.0942. The predicted molar refractivity (Wildman–Crippen MR) is 120 cm³/mol. The second kappa shape index (κ2) is 8.42. The van der Waals surface area contributed by atoms with Crippen molar-refractivity contribution >= 4 is 21.6 Å². The van der Waals surface area contributed by atoms with Crippen LogP contribution in [-0.2, 0) is 14.8 Å². The molecule has 0 radical (unpaired) electrons. The molecule has 4 rings (SSSR count). The molecule has 1 N–H and O–H groups in total. The van der Waals surface area contributed by atoms with Gasteiger partial charge in [-0.2, -0.15) is 0 Å². The van der Waals surface area contributed by atoms with Gasteiger partial charge in [0.05, 0.1) is 10.6 Å². The first-order chi connectivity index (χ1) is 14.4. The van der Waals surface area contributed by atoms with Gasteiger partial charge in [-0.25, -0.2) is 8.42 Å². The van der Waals surface area contributed by atoms with Crippen LogP contribution >= 0.6 is 0 Å². The first-order valence-corrected chi connectivity index (χ1v) is 12.4. The van der Waals surface area contributed by atoms with Crippen LogP contribution in [0.3, 0.4) is 0 Å². The fourth-order valence-electron chi connectivity index (χ4n) is 4.51. The molecule has 0 aromatic heterocycles. The van der Waals surface area contributed by atoms with E-state index in [0.29, 0.717) is 17.2 Å². The Balaban J connectivity index is 1.69. The van der Waals surface area contributed by atoms with Gasteiger partial charge in [-0.1, -0.05) is 63.8 Å². The fraction of sp³-hybridized carbons (Fsp3) is 0.458. The zero-order valence-corrected chi connectivity index (χ0v) is 18.5. The molecule has 2 aromatic carbocycles. The molecule has 160 valence electrons. The summed E-state index contributed by atoms with van der Waals surface area (Å²) in [5, 5.41) is 3.08. The molecule has 6 heteroatoms. The zero-order valence-electron chi connectivity index (χ0n) is 17.7. The number of nitrogens with one attached hydrogen (secondary N) is 1. The van der Waals surface area contributed by atoms with Gasteiger partial charge < -0.3 is 5.32 Å². The number of sulfonamides is 1. The minimum Gasteiger partial charge on any atom is -0.352 e. The molecule has 0 saturated heterocycles. The van der Waals surface area contributed by atoms with Gasteiger partial charge in [0.1, 0.15) is 6.54 Å². The van der Waals surface area contributed by atoms with Gasteiger partial charge in [0, 0.05) is 17.2 Å². The predicted octanol–water partition coefficient (Wildman–Crippen LogP) is 4.82. The van der Waals surface area contributed by atoms with Gasteiger partial charge in [-0.3, -0.25) is 9.10 Å². The van der Waals surface area contributed by atoms with Crippen LogP contribution < -0.4 is 9.62 Å². The van der Waals surface area contributed by atoms with Crippen LogP contribution in [0.4, 0.5) is 5.69 Å². The van der Waals surface area contributed by atoms with Crippen LogP contribution in [0.25, 0.3) is 11.1 Å². The molecule has 1 amide bonds. The molecule has 1 saturated carbocycles. The van der Waals surface area contributed by atoms with Crippen molar-refractivity contribution in [1.29, 1.82) is 0 Å². The number of anilines is 1. The second-order valence-corrected chi connectivity index (χ2v) is 10.5. The average molecular weight is 427 g/mol. The lowest BCUT2D eigenvalue weighted by Gasteiger charge is -2.32. The summed E-state index contributed by atoms with van der Waals surface area (Å²) in [4.78, 5) is 13.1. The van der Waals surface area contributed by atoms with Crippen molar-refractivity contribution < 1.29 is 13.2 Å². The standard InChI is InChI=1S/C24H30N2O3S/c1-17(2)18-13-14-22-21(15-18)20-11-7-8-12-23(20)30(28,29)26(22)16-24(27)25-19-9-5-3-4-6-10-19/h7-8,11-15,17,19H,3-6,9-10,16H2,1-2H3,(H,25,27). The number of hydrogen-bond donors (Lipinski definition) is 1. The molecular formula is C24H30N2O3S. The quantitative estimate of drug-likeness (QED) is 0.713. The maximum Gasteiger partial charge on any atom is 0.265 e. The van der Waals surface area contributed by atoms with E-state index in [4.69, 9.17) is 0 Å². The molecule has 0 atom stereocenters. The van der Waals surface area contributed by atoms with E-state index in [1.54, 1.807) is 12.1 Å². The second-order valence-electron chi connectivity index (χ2n) is 8.70. The Morgan fingerprint density at radius 2 is 1.73 bits per heavy atom. The number of nitrogens with zero attached hydrogens (tertiary/aromatic N) is 1. The number of benzene rings is 2. The van der Waals surface area contributed by atoms with Crippen molar-refractivity contribution in [3.63, 3.8) is 0 Å². The Hall–Kier alpha value is -2.34. The summed E-state index contributed by atoms with van der Waals surface area (Å²) in [5.41, 5.74) is 3.30. The molecule has 5 nitrogen and oxygen atoms in total. The van der Waals surface area contributed by atoms with Crippen molar-refractivity contribution in [1.82, 2.24) is 5.32 Å².